The second kappa shape index (κ2) is 5.60. The third-order valence-corrected chi connectivity index (χ3v) is 6.15. The summed E-state index contributed by atoms with van der Waals surface area (Å²) in [6.07, 6.45) is 5.22. The Labute approximate surface area is 159 Å². The van der Waals surface area contributed by atoms with Gasteiger partial charge in [-0.15, -0.1) is 0 Å². The molecule has 0 N–H and O–H groups in total. The van der Waals surface area contributed by atoms with Crippen LogP contribution in [0.4, 0.5) is 0 Å². The summed E-state index contributed by atoms with van der Waals surface area (Å²) in [4.78, 5) is 25.6. The van der Waals surface area contributed by atoms with Crippen molar-refractivity contribution in [1.29, 1.82) is 0 Å². The number of aromatic nitrogens is 6. The van der Waals surface area contributed by atoms with Crippen LogP contribution in [0.15, 0.2) is 46.2 Å². The maximum atomic E-state index is 12.7. The lowest BCUT2D eigenvalue weighted by Crippen LogP contribution is -2.22. The second-order valence-corrected chi connectivity index (χ2v) is 7.78. The molecule has 3 aromatic heterocycles. The molecule has 1 fully saturated rings. The number of hydrogen-bond acceptors (Lipinski definition) is 6. The summed E-state index contributed by atoms with van der Waals surface area (Å²) in [5.74, 6) is 2.73. The number of fused-ring (bicyclic) bond motifs is 3. The van der Waals surface area contributed by atoms with E-state index in [1.807, 2.05) is 0 Å². The number of nitrogens with zero attached hydrogens (tertiary/aromatic N) is 6. The van der Waals surface area contributed by atoms with Gasteiger partial charge >= 0.3 is 0 Å². The third-order valence-electron chi connectivity index (χ3n) is 6.15. The third kappa shape index (κ3) is 2.27. The van der Waals surface area contributed by atoms with E-state index in [9.17, 15) is 4.79 Å². The Kier molecular flexibility index (Phi) is 3.15. The van der Waals surface area contributed by atoms with E-state index in [0.29, 0.717) is 34.8 Å². The van der Waals surface area contributed by atoms with Crippen molar-refractivity contribution in [2.45, 2.75) is 25.3 Å². The minimum absolute atomic E-state index is 0.166. The maximum absolute atomic E-state index is 12.7. The zero-order valence-corrected chi connectivity index (χ0v) is 15.3. The quantitative estimate of drug-likeness (QED) is 0.542. The van der Waals surface area contributed by atoms with Crippen LogP contribution >= 0.6 is 0 Å². The molecule has 4 aromatic rings. The standard InChI is InChI=1S/C20H18N6O2/c1-25-9-21-19-17(25)20(27)26(10-22-19)8-15-23-18(24-28-15)16-13-6-11-4-2-3-5-12(11)7-14(13)16/h2-5,9-10,13-14,16H,6-8H2,1H3/t13-,14+,16?. The van der Waals surface area contributed by atoms with Crippen molar-refractivity contribution in [3.63, 3.8) is 0 Å². The highest BCUT2D eigenvalue weighted by Gasteiger charge is 2.55. The molecule has 1 aromatic carbocycles. The summed E-state index contributed by atoms with van der Waals surface area (Å²) in [5.41, 5.74) is 3.62. The van der Waals surface area contributed by atoms with Gasteiger partial charge in [0.05, 0.1) is 6.33 Å². The fourth-order valence-electron chi connectivity index (χ4n) is 4.65. The molecule has 8 nitrogen and oxygen atoms in total. The summed E-state index contributed by atoms with van der Waals surface area (Å²) in [7, 11) is 1.78. The van der Waals surface area contributed by atoms with Crippen molar-refractivity contribution in [2.75, 3.05) is 0 Å². The first-order valence-corrected chi connectivity index (χ1v) is 9.45. The van der Waals surface area contributed by atoms with E-state index in [1.54, 1.807) is 17.9 Å². The largest absolute Gasteiger partial charge is 0.337 e. The van der Waals surface area contributed by atoms with Crippen LogP contribution in [-0.4, -0.2) is 29.2 Å². The van der Waals surface area contributed by atoms with Gasteiger partial charge in [0.1, 0.15) is 12.9 Å². The van der Waals surface area contributed by atoms with Crippen LogP contribution in [0.25, 0.3) is 11.2 Å². The molecule has 0 saturated heterocycles. The molecular formula is C20H18N6O2. The van der Waals surface area contributed by atoms with Gasteiger partial charge < -0.3 is 9.09 Å². The number of aryl methyl sites for hydroxylation is 1. The predicted molar refractivity (Wildman–Crippen MR) is 99.7 cm³/mol. The molecular weight excluding hydrogens is 356 g/mol. The lowest BCUT2D eigenvalue weighted by atomic mass is 9.92. The van der Waals surface area contributed by atoms with E-state index >= 15 is 0 Å². The fraction of sp³-hybridized carbons (Fsp3) is 0.350. The summed E-state index contributed by atoms with van der Waals surface area (Å²) in [5, 5.41) is 4.22. The number of benzene rings is 1. The fourth-order valence-corrected chi connectivity index (χ4v) is 4.65. The average Bonchev–Trinajstić information content (AvgIpc) is 3.00. The molecule has 28 heavy (non-hydrogen) atoms. The van der Waals surface area contributed by atoms with E-state index in [2.05, 4.69) is 44.4 Å². The lowest BCUT2D eigenvalue weighted by molar-refractivity contribution is 0.364. The molecule has 2 aliphatic rings. The smallest absolute Gasteiger partial charge is 0.280 e. The molecule has 1 unspecified atom stereocenters. The van der Waals surface area contributed by atoms with Gasteiger partial charge in [-0.1, -0.05) is 29.4 Å². The highest BCUT2D eigenvalue weighted by Crippen LogP contribution is 2.58. The van der Waals surface area contributed by atoms with E-state index in [0.717, 1.165) is 18.7 Å². The van der Waals surface area contributed by atoms with Crippen molar-refractivity contribution in [3.8, 4) is 0 Å². The predicted octanol–water partition coefficient (Wildman–Crippen LogP) is 1.69. The van der Waals surface area contributed by atoms with Crippen LogP contribution in [0.1, 0.15) is 28.8 Å². The molecule has 140 valence electrons. The molecule has 6 rings (SSSR count). The lowest BCUT2D eigenvalue weighted by Gasteiger charge is -2.13. The van der Waals surface area contributed by atoms with Gasteiger partial charge in [0.25, 0.3) is 5.56 Å². The van der Waals surface area contributed by atoms with Crippen molar-refractivity contribution in [1.82, 2.24) is 29.2 Å². The average molecular weight is 374 g/mol. The summed E-state index contributed by atoms with van der Waals surface area (Å²) in [6.45, 7) is 0.211. The Hall–Kier alpha value is -3.29. The first-order valence-electron chi connectivity index (χ1n) is 9.45. The van der Waals surface area contributed by atoms with E-state index < -0.39 is 0 Å². The normalized spacial score (nSPS) is 22.8. The number of imidazole rings is 1. The van der Waals surface area contributed by atoms with Crippen LogP contribution in [0.5, 0.6) is 0 Å². The van der Waals surface area contributed by atoms with Crippen LogP contribution in [-0.2, 0) is 26.4 Å². The van der Waals surface area contributed by atoms with Crippen molar-refractivity contribution in [2.24, 2.45) is 18.9 Å². The molecule has 1 saturated carbocycles. The molecule has 8 heteroatoms. The van der Waals surface area contributed by atoms with Crippen molar-refractivity contribution in [3.05, 3.63) is 70.1 Å². The van der Waals surface area contributed by atoms with E-state index in [-0.39, 0.29) is 12.1 Å². The zero-order valence-electron chi connectivity index (χ0n) is 15.3. The molecule has 0 bridgehead atoms. The SMILES string of the molecule is Cn1cnc2ncn(Cc3nc(C4[C@H]5Cc6ccccc6C[C@@H]45)no3)c(=O)c21. The van der Waals surface area contributed by atoms with Gasteiger partial charge in [-0.25, -0.2) is 9.97 Å². The van der Waals surface area contributed by atoms with Crippen molar-refractivity contribution < 1.29 is 4.52 Å². The van der Waals surface area contributed by atoms with Crippen molar-refractivity contribution >= 4 is 11.2 Å². The maximum Gasteiger partial charge on any atom is 0.280 e. The molecule has 2 aliphatic carbocycles. The Balaban J connectivity index is 1.25. The highest BCUT2D eigenvalue weighted by atomic mass is 16.5. The van der Waals surface area contributed by atoms with Gasteiger partial charge in [-0.3, -0.25) is 9.36 Å². The van der Waals surface area contributed by atoms with E-state index in [4.69, 9.17) is 4.52 Å². The van der Waals surface area contributed by atoms with Gasteiger partial charge in [0.2, 0.25) is 5.89 Å². The van der Waals surface area contributed by atoms with Crippen LogP contribution in [0.3, 0.4) is 0 Å². The van der Waals surface area contributed by atoms with Crippen LogP contribution < -0.4 is 5.56 Å². The van der Waals surface area contributed by atoms with Gasteiger partial charge in [0.15, 0.2) is 17.0 Å². The minimum Gasteiger partial charge on any atom is -0.337 e. The molecule has 3 heterocycles. The van der Waals surface area contributed by atoms with Crippen LogP contribution in [0, 0.1) is 11.8 Å². The van der Waals surface area contributed by atoms with E-state index in [1.165, 1.54) is 22.0 Å². The molecule has 0 radical (unpaired) electrons. The van der Waals surface area contributed by atoms with Crippen LogP contribution in [0.2, 0.25) is 0 Å². The first kappa shape index (κ1) is 15.7. The Bertz CT molecular complexity index is 1240. The highest BCUT2D eigenvalue weighted by molar-refractivity contribution is 5.68. The summed E-state index contributed by atoms with van der Waals surface area (Å²) >= 11 is 0. The Morgan fingerprint density at radius 1 is 1.11 bits per heavy atom. The summed E-state index contributed by atoms with van der Waals surface area (Å²) in [6, 6.07) is 8.65. The first-order chi connectivity index (χ1) is 13.7. The topological polar surface area (TPSA) is 91.6 Å². The zero-order chi connectivity index (χ0) is 18.8. The monoisotopic (exact) mass is 374 g/mol. The van der Waals surface area contributed by atoms with Gasteiger partial charge in [0, 0.05) is 13.0 Å². The number of hydrogen-bond donors (Lipinski definition) is 0. The molecule has 0 spiro atoms. The second-order valence-electron chi connectivity index (χ2n) is 7.78. The Morgan fingerprint density at radius 3 is 2.57 bits per heavy atom. The summed E-state index contributed by atoms with van der Waals surface area (Å²) < 4.78 is 8.62. The Morgan fingerprint density at radius 2 is 1.82 bits per heavy atom. The molecule has 3 atom stereocenters. The van der Waals surface area contributed by atoms with Gasteiger partial charge in [-0.2, -0.15) is 4.98 Å². The van der Waals surface area contributed by atoms with Gasteiger partial charge in [-0.05, 0) is 35.8 Å². The molecule has 0 amide bonds. The molecule has 0 aliphatic heterocycles. The minimum atomic E-state index is -0.166. The number of rotatable bonds is 3.